The van der Waals surface area contributed by atoms with E-state index in [2.05, 4.69) is 25.1 Å². The molecule has 1 aliphatic heterocycles. The molecule has 5 nitrogen and oxygen atoms in total. The molecule has 22 heavy (non-hydrogen) atoms. The van der Waals surface area contributed by atoms with E-state index in [0.717, 1.165) is 6.42 Å². The molecule has 1 unspecified atom stereocenters. The summed E-state index contributed by atoms with van der Waals surface area (Å²) in [7, 11) is 0. The first-order valence-corrected chi connectivity index (χ1v) is 7.84. The zero-order valence-corrected chi connectivity index (χ0v) is 13.4. The highest BCUT2D eigenvalue weighted by Gasteiger charge is 2.25. The quantitative estimate of drug-likeness (QED) is 0.880. The van der Waals surface area contributed by atoms with Crippen molar-refractivity contribution >= 4 is 11.8 Å². The number of primary amides is 1. The van der Waals surface area contributed by atoms with Gasteiger partial charge in [0.2, 0.25) is 11.8 Å². The van der Waals surface area contributed by atoms with Gasteiger partial charge in [-0.15, -0.1) is 0 Å². The summed E-state index contributed by atoms with van der Waals surface area (Å²) < 4.78 is 0. The molecule has 1 heterocycles. The summed E-state index contributed by atoms with van der Waals surface area (Å²) >= 11 is 0. The minimum Gasteiger partial charge on any atom is -0.368 e. The van der Waals surface area contributed by atoms with Crippen LogP contribution in [0.4, 0.5) is 0 Å². The Hall–Kier alpha value is -1.88. The van der Waals surface area contributed by atoms with E-state index in [1.54, 1.807) is 0 Å². The topological polar surface area (TPSA) is 66.6 Å². The predicted octanol–water partition coefficient (Wildman–Crippen LogP) is 0.946. The van der Waals surface area contributed by atoms with Crippen LogP contribution in [0.1, 0.15) is 24.5 Å². The van der Waals surface area contributed by atoms with Crippen molar-refractivity contribution in [2.75, 3.05) is 26.2 Å². The molecule has 1 atom stereocenters. The lowest BCUT2D eigenvalue weighted by Crippen LogP contribution is -2.54. The molecule has 120 valence electrons. The first-order valence-electron chi connectivity index (χ1n) is 7.84. The van der Waals surface area contributed by atoms with Gasteiger partial charge in [-0.25, -0.2) is 0 Å². The van der Waals surface area contributed by atoms with E-state index < -0.39 is 0 Å². The Kier molecular flexibility index (Phi) is 5.55. The van der Waals surface area contributed by atoms with E-state index >= 15 is 0 Å². The number of carbonyl (C=O) groups excluding carboxylic acids is 2. The van der Waals surface area contributed by atoms with Crippen LogP contribution in [-0.2, 0) is 16.0 Å². The third-order valence-corrected chi connectivity index (χ3v) is 4.34. The molecule has 0 aliphatic carbocycles. The van der Waals surface area contributed by atoms with E-state index in [1.807, 2.05) is 22.8 Å². The minimum atomic E-state index is -0.306. The fourth-order valence-corrected chi connectivity index (χ4v) is 2.82. The predicted molar refractivity (Wildman–Crippen MR) is 86.3 cm³/mol. The standard InChI is InChI=1S/C17H25N3O2/c1-13-4-3-5-15(12-13)6-7-16(21)20-10-8-19(9-11-20)14(2)17(18)22/h3-5,12,14H,6-11H2,1-2H3,(H2,18,22). The van der Waals surface area contributed by atoms with Gasteiger partial charge in [-0.3, -0.25) is 14.5 Å². The van der Waals surface area contributed by atoms with Crippen LogP contribution < -0.4 is 5.73 Å². The highest BCUT2D eigenvalue weighted by atomic mass is 16.2. The normalized spacial score (nSPS) is 17.3. The molecule has 1 aromatic rings. The number of piperazine rings is 1. The lowest BCUT2D eigenvalue weighted by molar-refractivity contribution is -0.133. The van der Waals surface area contributed by atoms with Crippen molar-refractivity contribution in [3.05, 3.63) is 35.4 Å². The van der Waals surface area contributed by atoms with Crippen LogP contribution in [-0.4, -0.2) is 53.8 Å². The van der Waals surface area contributed by atoms with Gasteiger partial charge in [0.05, 0.1) is 6.04 Å². The summed E-state index contributed by atoms with van der Waals surface area (Å²) in [5.41, 5.74) is 7.75. The number of benzene rings is 1. The third-order valence-electron chi connectivity index (χ3n) is 4.34. The zero-order valence-electron chi connectivity index (χ0n) is 13.4. The number of amides is 2. The zero-order chi connectivity index (χ0) is 16.1. The van der Waals surface area contributed by atoms with Gasteiger partial charge >= 0.3 is 0 Å². The maximum absolute atomic E-state index is 12.3. The average Bonchev–Trinajstić information content (AvgIpc) is 2.52. The fraction of sp³-hybridized carbons (Fsp3) is 0.529. The van der Waals surface area contributed by atoms with Crippen molar-refractivity contribution in [2.24, 2.45) is 5.73 Å². The van der Waals surface area contributed by atoms with Gasteiger partial charge in [0.1, 0.15) is 0 Å². The van der Waals surface area contributed by atoms with Crippen LogP contribution >= 0.6 is 0 Å². The van der Waals surface area contributed by atoms with E-state index in [9.17, 15) is 9.59 Å². The molecule has 0 radical (unpaired) electrons. The van der Waals surface area contributed by atoms with E-state index in [4.69, 9.17) is 5.73 Å². The maximum Gasteiger partial charge on any atom is 0.234 e. The second kappa shape index (κ2) is 7.40. The number of hydrogen-bond donors (Lipinski definition) is 1. The molecule has 1 aromatic carbocycles. The maximum atomic E-state index is 12.3. The molecule has 1 aliphatic rings. The van der Waals surface area contributed by atoms with Crippen molar-refractivity contribution < 1.29 is 9.59 Å². The fourth-order valence-electron chi connectivity index (χ4n) is 2.82. The SMILES string of the molecule is Cc1cccc(CCC(=O)N2CCN(C(C)C(N)=O)CC2)c1. The Labute approximate surface area is 132 Å². The summed E-state index contributed by atoms with van der Waals surface area (Å²) in [5.74, 6) is -0.118. The number of nitrogens with zero attached hydrogens (tertiary/aromatic N) is 2. The summed E-state index contributed by atoms with van der Waals surface area (Å²) in [6, 6.07) is 8.01. The van der Waals surface area contributed by atoms with Crippen LogP contribution in [0.2, 0.25) is 0 Å². The van der Waals surface area contributed by atoms with Crippen LogP contribution in [0, 0.1) is 6.92 Å². The Bertz CT molecular complexity index is 536. The monoisotopic (exact) mass is 303 g/mol. The molecule has 1 saturated heterocycles. The molecular weight excluding hydrogens is 278 g/mol. The summed E-state index contributed by atoms with van der Waals surface area (Å²) in [5, 5.41) is 0. The smallest absolute Gasteiger partial charge is 0.234 e. The number of carbonyl (C=O) groups is 2. The van der Waals surface area contributed by atoms with Crippen molar-refractivity contribution in [1.82, 2.24) is 9.80 Å². The second-order valence-corrected chi connectivity index (χ2v) is 5.98. The number of hydrogen-bond acceptors (Lipinski definition) is 3. The third kappa shape index (κ3) is 4.31. The Morgan fingerprint density at radius 1 is 1.23 bits per heavy atom. The van der Waals surface area contributed by atoms with Crippen molar-refractivity contribution in [3.8, 4) is 0 Å². The largest absolute Gasteiger partial charge is 0.368 e. The van der Waals surface area contributed by atoms with Crippen LogP contribution in [0.25, 0.3) is 0 Å². The molecule has 0 saturated carbocycles. The summed E-state index contributed by atoms with van der Waals surface area (Å²) in [6.45, 7) is 6.64. The Balaban J connectivity index is 1.79. The van der Waals surface area contributed by atoms with Crippen molar-refractivity contribution in [1.29, 1.82) is 0 Å². The van der Waals surface area contributed by atoms with Gasteiger partial charge < -0.3 is 10.6 Å². The van der Waals surface area contributed by atoms with Gasteiger partial charge in [0.25, 0.3) is 0 Å². The first-order chi connectivity index (χ1) is 10.5. The molecule has 2 amide bonds. The van der Waals surface area contributed by atoms with Crippen LogP contribution in [0.15, 0.2) is 24.3 Å². The van der Waals surface area contributed by atoms with Crippen LogP contribution in [0.3, 0.4) is 0 Å². The molecule has 0 spiro atoms. The lowest BCUT2D eigenvalue weighted by Gasteiger charge is -2.37. The summed E-state index contributed by atoms with van der Waals surface area (Å²) in [6.07, 6.45) is 1.31. The van der Waals surface area contributed by atoms with E-state index in [-0.39, 0.29) is 17.9 Å². The number of rotatable bonds is 5. The van der Waals surface area contributed by atoms with Gasteiger partial charge in [-0.2, -0.15) is 0 Å². The van der Waals surface area contributed by atoms with Crippen molar-refractivity contribution in [2.45, 2.75) is 32.7 Å². The van der Waals surface area contributed by atoms with Crippen LogP contribution in [0.5, 0.6) is 0 Å². The molecule has 2 rings (SSSR count). The van der Waals surface area contributed by atoms with E-state index in [1.165, 1.54) is 11.1 Å². The number of nitrogens with two attached hydrogens (primary N) is 1. The lowest BCUT2D eigenvalue weighted by atomic mass is 10.1. The second-order valence-electron chi connectivity index (χ2n) is 5.98. The van der Waals surface area contributed by atoms with Gasteiger partial charge in [-0.1, -0.05) is 29.8 Å². The summed E-state index contributed by atoms with van der Waals surface area (Å²) in [4.78, 5) is 27.4. The highest BCUT2D eigenvalue weighted by Crippen LogP contribution is 2.11. The molecule has 1 fully saturated rings. The van der Waals surface area contributed by atoms with Gasteiger partial charge in [-0.05, 0) is 25.8 Å². The molecule has 0 aromatic heterocycles. The average molecular weight is 303 g/mol. The molecule has 0 bridgehead atoms. The minimum absolute atomic E-state index is 0.188. The molecular formula is C17H25N3O2. The van der Waals surface area contributed by atoms with Gasteiger partial charge in [0.15, 0.2) is 0 Å². The molecule has 2 N–H and O–H groups in total. The number of aryl methyl sites for hydroxylation is 2. The van der Waals surface area contributed by atoms with Gasteiger partial charge in [0, 0.05) is 32.6 Å². The van der Waals surface area contributed by atoms with Crippen molar-refractivity contribution in [3.63, 3.8) is 0 Å². The first kappa shape index (κ1) is 16.5. The van der Waals surface area contributed by atoms with E-state index in [0.29, 0.717) is 32.6 Å². The Morgan fingerprint density at radius 3 is 2.50 bits per heavy atom. The molecule has 5 heteroatoms. The Morgan fingerprint density at radius 2 is 1.91 bits per heavy atom. The highest BCUT2D eigenvalue weighted by molar-refractivity contribution is 5.79.